The van der Waals surface area contributed by atoms with E-state index in [1.165, 1.54) is 7.11 Å². The van der Waals surface area contributed by atoms with Crippen LogP contribution in [0.4, 0.5) is 5.69 Å². The summed E-state index contributed by atoms with van der Waals surface area (Å²) in [6.07, 6.45) is 2.59. The standard InChI is InChI=1S/C22H29N2O4/c1-4-14-12-24(2)10-9-21-15-7-5-6-8-17(15)23-22(21,24)18(26)11-16(14)20(21,13-25)19(27)28-3/h4-8,16,18,23,25-26H,9-13H2,1-3H3/q+1/b14-4-/t16-,18+,20-,21-,22+,24?/m1/s1. The van der Waals surface area contributed by atoms with Gasteiger partial charge in [-0.1, -0.05) is 24.3 Å². The van der Waals surface area contributed by atoms with Crippen LogP contribution < -0.4 is 5.32 Å². The molecule has 1 aromatic rings. The van der Waals surface area contributed by atoms with E-state index in [1.807, 2.05) is 25.1 Å². The van der Waals surface area contributed by atoms with Crippen molar-refractivity contribution in [2.45, 2.75) is 36.9 Å². The summed E-state index contributed by atoms with van der Waals surface area (Å²) >= 11 is 0. The van der Waals surface area contributed by atoms with E-state index in [0.29, 0.717) is 17.3 Å². The fourth-order valence-corrected chi connectivity index (χ4v) is 7.70. The molecule has 1 aliphatic carbocycles. The van der Waals surface area contributed by atoms with Crippen LogP contribution in [0, 0.1) is 11.3 Å². The maximum absolute atomic E-state index is 13.5. The highest BCUT2D eigenvalue weighted by molar-refractivity contribution is 5.85. The molecule has 150 valence electrons. The van der Waals surface area contributed by atoms with E-state index < -0.39 is 22.6 Å². The summed E-state index contributed by atoms with van der Waals surface area (Å²) < 4.78 is 5.98. The molecule has 1 unspecified atom stereocenters. The Morgan fingerprint density at radius 1 is 1.43 bits per heavy atom. The number of benzene rings is 1. The van der Waals surface area contributed by atoms with Crippen LogP contribution in [0.3, 0.4) is 0 Å². The lowest BCUT2D eigenvalue weighted by Crippen LogP contribution is -2.78. The number of likely N-dealkylation sites (N-methyl/N-ethyl adjacent to an activating group) is 1. The Kier molecular flexibility index (Phi) is 3.49. The van der Waals surface area contributed by atoms with E-state index in [4.69, 9.17) is 4.74 Å². The number of quaternary nitrogens is 1. The number of hydrogen-bond acceptors (Lipinski definition) is 5. The molecule has 4 aliphatic heterocycles. The van der Waals surface area contributed by atoms with Gasteiger partial charge in [0.1, 0.15) is 18.1 Å². The van der Waals surface area contributed by atoms with Crippen molar-refractivity contribution in [2.24, 2.45) is 11.3 Å². The molecule has 4 bridgehead atoms. The number of esters is 1. The fourth-order valence-electron chi connectivity index (χ4n) is 7.70. The Morgan fingerprint density at radius 2 is 2.18 bits per heavy atom. The molecule has 6 heteroatoms. The molecule has 6 rings (SSSR count). The highest BCUT2D eigenvalue weighted by Gasteiger charge is 2.88. The molecule has 3 saturated heterocycles. The van der Waals surface area contributed by atoms with Crippen LogP contribution in [0.15, 0.2) is 35.9 Å². The van der Waals surface area contributed by atoms with Gasteiger partial charge in [-0.25, -0.2) is 0 Å². The molecule has 28 heavy (non-hydrogen) atoms. The van der Waals surface area contributed by atoms with Gasteiger partial charge < -0.3 is 20.3 Å². The van der Waals surface area contributed by atoms with Gasteiger partial charge in [-0.3, -0.25) is 9.28 Å². The highest BCUT2D eigenvalue weighted by atomic mass is 16.5. The summed E-state index contributed by atoms with van der Waals surface area (Å²) in [4.78, 5) is 13.5. The Labute approximate surface area is 165 Å². The summed E-state index contributed by atoms with van der Waals surface area (Å²) in [7, 11) is 3.59. The van der Waals surface area contributed by atoms with Crippen LogP contribution in [0.2, 0.25) is 0 Å². The first-order valence-electron chi connectivity index (χ1n) is 10.1. The van der Waals surface area contributed by atoms with E-state index in [0.717, 1.165) is 29.9 Å². The number of carbonyl (C=O) groups excluding carboxylic acids is 1. The van der Waals surface area contributed by atoms with Gasteiger partial charge >= 0.3 is 5.97 Å². The molecule has 1 saturated carbocycles. The van der Waals surface area contributed by atoms with E-state index in [9.17, 15) is 15.0 Å². The number of hydrogen-bond donors (Lipinski definition) is 3. The van der Waals surface area contributed by atoms with Crippen molar-refractivity contribution >= 4 is 11.7 Å². The van der Waals surface area contributed by atoms with Gasteiger partial charge in [0.25, 0.3) is 0 Å². The number of aliphatic hydroxyl groups excluding tert-OH is 2. The number of para-hydroxylation sites is 1. The first kappa shape index (κ1) is 18.2. The number of anilines is 1. The van der Waals surface area contributed by atoms with Gasteiger partial charge in [0, 0.05) is 18.0 Å². The second kappa shape index (κ2) is 5.38. The summed E-state index contributed by atoms with van der Waals surface area (Å²) in [6.45, 7) is 3.26. The first-order valence-corrected chi connectivity index (χ1v) is 10.1. The minimum Gasteiger partial charge on any atom is -0.468 e. The van der Waals surface area contributed by atoms with E-state index in [1.54, 1.807) is 0 Å². The predicted molar refractivity (Wildman–Crippen MR) is 104 cm³/mol. The molecule has 0 amide bonds. The SMILES string of the molecule is C/C=C1/C[N+]2(C)CC[C@]34c5ccccc5N[C@]32[C@@H](O)C[C@H]1[C@]4(CO)C(=O)OC. The number of carbonyl (C=O) groups is 1. The molecule has 4 heterocycles. The van der Waals surface area contributed by atoms with Gasteiger partial charge in [0.2, 0.25) is 5.66 Å². The lowest BCUT2D eigenvalue weighted by Gasteiger charge is -2.58. The Balaban J connectivity index is 1.96. The Hall–Kier alpha value is -1.89. The zero-order valence-electron chi connectivity index (χ0n) is 16.7. The van der Waals surface area contributed by atoms with Crippen LogP contribution in [-0.4, -0.2) is 66.3 Å². The predicted octanol–water partition coefficient (Wildman–Crippen LogP) is 1.39. The van der Waals surface area contributed by atoms with Crippen LogP contribution in [0.25, 0.3) is 0 Å². The largest absolute Gasteiger partial charge is 0.468 e. The first-order chi connectivity index (χ1) is 13.4. The maximum Gasteiger partial charge on any atom is 0.316 e. The van der Waals surface area contributed by atoms with Crippen molar-refractivity contribution in [3.63, 3.8) is 0 Å². The number of nitrogens with one attached hydrogen (secondary N) is 1. The third-order valence-corrected chi connectivity index (χ3v) is 8.64. The van der Waals surface area contributed by atoms with E-state index >= 15 is 0 Å². The van der Waals surface area contributed by atoms with E-state index in [2.05, 4.69) is 24.5 Å². The van der Waals surface area contributed by atoms with Crippen LogP contribution in [-0.2, 0) is 14.9 Å². The number of methoxy groups -OCH3 is 1. The average Bonchev–Trinajstić information content (AvgIpc) is 3.12. The number of nitrogens with zero attached hydrogens (tertiary/aromatic N) is 1. The number of aliphatic hydroxyl groups is 2. The van der Waals surface area contributed by atoms with Gasteiger partial charge in [0.05, 0.1) is 32.7 Å². The molecular weight excluding hydrogens is 356 g/mol. The second-order valence-corrected chi connectivity index (χ2v) is 9.16. The van der Waals surface area contributed by atoms with Gasteiger partial charge in [-0.2, -0.15) is 0 Å². The minimum absolute atomic E-state index is 0.258. The minimum atomic E-state index is -1.13. The molecular formula is C22H29N2O4+. The zero-order valence-corrected chi connectivity index (χ0v) is 16.7. The molecule has 5 aliphatic rings. The van der Waals surface area contributed by atoms with Crippen molar-refractivity contribution in [1.82, 2.24) is 0 Å². The Bertz CT molecular complexity index is 900. The fraction of sp³-hybridized carbons (Fsp3) is 0.591. The van der Waals surface area contributed by atoms with Crippen molar-refractivity contribution in [2.75, 3.05) is 39.2 Å². The highest BCUT2D eigenvalue weighted by Crippen LogP contribution is 2.74. The lowest BCUT2D eigenvalue weighted by atomic mass is 9.45. The van der Waals surface area contributed by atoms with Crippen molar-refractivity contribution < 1.29 is 24.2 Å². The Morgan fingerprint density at radius 3 is 2.86 bits per heavy atom. The molecule has 6 nitrogen and oxygen atoms in total. The number of rotatable bonds is 2. The second-order valence-electron chi connectivity index (χ2n) is 9.16. The van der Waals surface area contributed by atoms with Gasteiger partial charge in [-0.15, -0.1) is 0 Å². The summed E-state index contributed by atoms with van der Waals surface area (Å²) in [5.41, 5.74) is 0.476. The number of allylic oxidation sites excluding steroid dienone is 1. The zero-order chi connectivity index (χ0) is 19.9. The molecule has 1 aromatic carbocycles. The van der Waals surface area contributed by atoms with Gasteiger partial charge in [-0.05, 0) is 30.5 Å². The summed E-state index contributed by atoms with van der Waals surface area (Å²) in [6, 6.07) is 8.04. The van der Waals surface area contributed by atoms with Crippen molar-refractivity contribution in [1.29, 1.82) is 0 Å². The molecule has 0 aromatic heterocycles. The van der Waals surface area contributed by atoms with Crippen molar-refractivity contribution in [3.8, 4) is 0 Å². The number of ether oxygens (including phenoxy) is 1. The van der Waals surface area contributed by atoms with E-state index in [-0.39, 0.29) is 18.5 Å². The summed E-state index contributed by atoms with van der Waals surface area (Å²) in [5, 5.41) is 26.2. The third kappa shape index (κ3) is 1.52. The van der Waals surface area contributed by atoms with Crippen LogP contribution >= 0.6 is 0 Å². The normalized spacial score (nSPS) is 46.7. The summed E-state index contributed by atoms with van der Waals surface area (Å²) in [5.74, 6) is -0.629. The third-order valence-electron chi connectivity index (χ3n) is 8.64. The molecule has 6 atom stereocenters. The quantitative estimate of drug-likeness (QED) is 0.407. The monoisotopic (exact) mass is 385 g/mol. The van der Waals surface area contributed by atoms with Crippen LogP contribution in [0.5, 0.6) is 0 Å². The van der Waals surface area contributed by atoms with Crippen LogP contribution in [0.1, 0.15) is 25.3 Å². The van der Waals surface area contributed by atoms with Gasteiger partial charge in [0.15, 0.2) is 0 Å². The topological polar surface area (TPSA) is 78.8 Å². The van der Waals surface area contributed by atoms with Crippen molar-refractivity contribution in [3.05, 3.63) is 41.5 Å². The number of fused-ring (bicyclic) bond motifs is 3. The molecule has 4 fully saturated rings. The lowest BCUT2D eigenvalue weighted by molar-refractivity contribution is -0.944. The molecule has 1 spiro atoms. The molecule has 3 N–H and O–H groups in total. The smallest absolute Gasteiger partial charge is 0.316 e. The molecule has 0 radical (unpaired) electrons. The average molecular weight is 385 g/mol. The maximum atomic E-state index is 13.5.